The Morgan fingerprint density at radius 3 is 2.50 bits per heavy atom. The molecule has 0 aromatic carbocycles. The second-order valence-corrected chi connectivity index (χ2v) is 5.53. The first-order valence-electron chi connectivity index (χ1n) is 7.30. The number of amidine groups is 1. The summed E-state index contributed by atoms with van der Waals surface area (Å²) in [6, 6.07) is 0. The fourth-order valence-electron chi connectivity index (χ4n) is 1.75. The van der Waals surface area contributed by atoms with Gasteiger partial charge in [-0.2, -0.15) is 0 Å². The van der Waals surface area contributed by atoms with Crippen molar-refractivity contribution in [1.82, 2.24) is 5.32 Å². The first kappa shape index (κ1) is 19.1. The quantitative estimate of drug-likeness (QED) is 0.157. The summed E-state index contributed by atoms with van der Waals surface area (Å²) in [5.41, 5.74) is 5.41. The van der Waals surface area contributed by atoms with E-state index in [1.807, 2.05) is 13.8 Å². The van der Waals surface area contributed by atoms with Crippen molar-refractivity contribution in [3.63, 3.8) is 0 Å². The minimum absolute atomic E-state index is 0.232. The highest BCUT2D eigenvalue weighted by Gasteiger charge is 2.22. The Bertz CT molecular complexity index is 258. The SMILES string of the molecule is COCCOCCCNCCCCC(C)(C)C(N)=NO. The molecule has 0 aliphatic rings. The van der Waals surface area contributed by atoms with E-state index in [9.17, 15) is 0 Å². The molecule has 6 heteroatoms. The minimum Gasteiger partial charge on any atom is -0.409 e. The lowest BCUT2D eigenvalue weighted by atomic mass is 9.86. The number of nitrogens with one attached hydrogen (secondary N) is 1. The van der Waals surface area contributed by atoms with Crippen molar-refractivity contribution in [1.29, 1.82) is 0 Å². The van der Waals surface area contributed by atoms with Gasteiger partial charge in [-0.25, -0.2) is 0 Å². The van der Waals surface area contributed by atoms with Crippen LogP contribution in [-0.4, -0.2) is 51.1 Å². The van der Waals surface area contributed by atoms with Crippen LogP contribution in [0, 0.1) is 5.41 Å². The van der Waals surface area contributed by atoms with Crippen molar-refractivity contribution in [2.75, 3.05) is 40.0 Å². The third-order valence-electron chi connectivity index (χ3n) is 3.28. The van der Waals surface area contributed by atoms with Gasteiger partial charge in [-0.1, -0.05) is 25.4 Å². The molecule has 0 bridgehead atoms. The molecule has 20 heavy (non-hydrogen) atoms. The lowest BCUT2D eigenvalue weighted by Gasteiger charge is -2.22. The van der Waals surface area contributed by atoms with Gasteiger partial charge >= 0.3 is 0 Å². The molecule has 0 unspecified atom stereocenters. The maximum atomic E-state index is 8.68. The molecular weight excluding hydrogens is 258 g/mol. The average Bonchev–Trinajstić information content (AvgIpc) is 2.43. The van der Waals surface area contributed by atoms with E-state index in [1.165, 1.54) is 0 Å². The Morgan fingerprint density at radius 1 is 1.15 bits per heavy atom. The highest BCUT2D eigenvalue weighted by atomic mass is 16.5. The van der Waals surface area contributed by atoms with Gasteiger partial charge in [0.2, 0.25) is 0 Å². The largest absolute Gasteiger partial charge is 0.409 e. The number of nitrogens with zero attached hydrogens (tertiary/aromatic N) is 1. The Labute approximate surface area is 122 Å². The van der Waals surface area contributed by atoms with Crippen molar-refractivity contribution >= 4 is 5.84 Å². The third kappa shape index (κ3) is 10.00. The number of ether oxygens (including phenoxy) is 2. The monoisotopic (exact) mass is 289 g/mol. The van der Waals surface area contributed by atoms with E-state index < -0.39 is 0 Å². The van der Waals surface area contributed by atoms with Crippen LogP contribution in [0.4, 0.5) is 0 Å². The van der Waals surface area contributed by atoms with Crippen LogP contribution in [0.2, 0.25) is 0 Å². The molecule has 0 heterocycles. The van der Waals surface area contributed by atoms with Crippen molar-refractivity contribution in [2.45, 2.75) is 39.5 Å². The number of hydrogen-bond acceptors (Lipinski definition) is 5. The molecular formula is C14H31N3O3. The predicted octanol–water partition coefficient (Wildman–Crippen LogP) is 1.57. The van der Waals surface area contributed by atoms with Gasteiger partial charge in [-0.3, -0.25) is 0 Å². The van der Waals surface area contributed by atoms with E-state index in [0.29, 0.717) is 19.0 Å². The summed E-state index contributed by atoms with van der Waals surface area (Å²) in [7, 11) is 1.67. The molecule has 0 radical (unpaired) electrons. The van der Waals surface area contributed by atoms with Crippen LogP contribution in [0.25, 0.3) is 0 Å². The molecule has 0 aliphatic heterocycles. The Hall–Kier alpha value is -0.850. The van der Waals surface area contributed by atoms with E-state index in [1.54, 1.807) is 7.11 Å². The smallest absolute Gasteiger partial charge is 0.144 e. The molecule has 4 N–H and O–H groups in total. The van der Waals surface area contributed by atoms with E-state index in [2.05, 4.69) is 10.5 Å². The lowest BCUT2D eigenvalue weighted by Crippen LogP contribution is -2.32. The molecule has 120 valence electrons. The van der Waals surface area contributed by atoms with Crippen molar-refractivity contribution in [3.8, 4) is 0 Å². The summed E-state index contributed by atoms with van der Waals surface area (Å²) in [5, 5.41) is 15.1. The minimum atomic E-state index is -0.232. The van der Waals surface area contributed by atoms with Crippen molar-refractivity contribution in [3.05, 3.63) is 0 Å². The van der Waals surface area contributed by atoms with Crippen LogP contribution in [0.1, 0.15) is 39.5 Å². The molecule has 0 fully saturated rings. The van der Waals surface area contributed by atoms with Crippen LogP contribution < -0.4 is 11.1 Å². The van der Waals surface area contributed by atoms with Gasteiger partial charge in [0.15, 0.2) is 0 Å². The summed E-state index contributed by atoms with van der Waals surface area (Å²) in [6.45, 7) is 8.04. The number of hydrogen-bond donors (Lipinski definition) is 3. The Kier molecular flexibility index (Phi) is 11.4. The summed E-state index contributed by atoms with van der Waals surface area (Å²) in [6.07, 6.45) is 4.08. The number of unbranched alkanes of at least 4 members (excludes halogenated alkanes) is 1. The van der Waals surface area contributed by atoms with Crippen LogP contribution in [-0.2, 0) is 9.47 Å². The zero-order valence-electron chi connectivity index (χ0n) is 13.2. The van der Waals surface area contributed by atoms with E-state index in [4.69, 9.17) is 20.4 Å². The number of rotatable bonds is 13. The molecule has 0 saturated heterocycles. The zero-order valence-corrected chi connectivity index (χ0v) is 13.2. The van der Waals surface area contributed by atoms with Gasteiger partial charge in [-0.15, -0.1) is 0 Å². The van der Waals surface area contributed by atoms with Gasteiger partial charge < -0.3 is 25.7 Å². The fraction of sp³-hybridized carbons (Fsp3) is 0.929. The topological polar surface area (TPSA) is 89.1 Å². The van der Waals surface area contributed by atoms with Crippen molar-refractivity contribution in [2.24, 2.45) is 16.3 Å². The summed E-state index contributed by atoms with van der Waals surface area (Å²) >= 11 is 0. The Balaban J connectivity index is 3.33. The molecule has 0 amide bonds. The van der Waals surface area contributed by atoms with E-state index in [0.717, 1.165) is 45.4 Å². The van der Waals surface area contributed by atoms with Crippen LogP contribution in [0.5, 0.6) is 0 Å². The van der Waals surface area contributed by atoms with E-state index >= 15 is 0 Å². The Morgan fingerprint density at radius 2 is 1.85 bits per heavy atom. The second-order valence-electron chi connectivity index (χ2n) is 5.53. The van der Waals surface area contributed by atoms with E-state index in [-0.39, 0.29) is 5.41 Å². The molecule has 0 aliphatic carbocycles. The predicted molar refractivity (Wildman–Crippen MR) is 81.2 cm³/mol. The molecule has 0 rings (SSSR count). The first-order chi connectivity index (χ1) is 9.54. The fourth-order valence-corrected chi connectivity index (χ4v) is 1.75. The standard InChI is InChI=1S/C14H31N3O3/c1-14(2,13(15)17-18)7-4-5-8-16-9-6-10-20-12-11-19-3/h16,18H,4-12H2,1-3H3,(H2,15,17). The summed E-state index contributed by atoms with van der Waals surface area (Å²) in [4.78, 5) is 0. The zero-order chi connectivity index (χ0) is 15.3. The van der Waals surface area contributed by atoms with Gasteiger partial charge in [0.05, 0.1) is 13.2 Å². The molecule has 0 saturated carbocycles. The lowest BCUT2D eigenvalue weighted by molar-refractivity contribution is 0.0695. The van der Waals surface area contributed by atoms with Gasteiger partial charge in [0, 0.05) is 19.1 Å². The number of methoxy groups -OCH3 is 1. The first-order valence-corrected chi connectivity index (χ1v) is 7.30. The molecule has 0 atom stereocenters. The second kappa shape index (κ2) is 11.9. The maximum absolute atomic E-state index is 8.68. The molecule has 0 aromatic rings. The molecule has 6 nitrogen and oxygen atoms in total. The van der Waals surface area contributed by atoms with Gasteiger partial charge in [-0.05, 0) is 32.4 Å². The normalized spacial score (nSPS) is 12.8. The van der Waals surface area contributed by atoms with Gasteiger partial charge in [0.1, 0.15) is 5.84 Å². The number of oxime groups is 1. The van der Waals surface area contributed by atoms with Crippen LogP contribution >= 0.6 is 0 Å². The average molecular weight is 289 g/mol. The maximum Gasteiger partial charge on any atom is 0.144 e. The summed E-state index contributed by atoms with van der Waals surface area (Å²) < 4.78 is 10.3. The highest BCUT2D eigenvalue weighted by Crippen LogP contribution is 2.22. The van der Waals surface area contributed by atoms with Crippen molar-refractivity contribution < 1.29 is 14.7 Å². The molecule has 0 aromatic heterocycles. The molecule has 0 spiro atoms. The van der Waals surface area contributed by atoms with Gasteiger partial charge in [0.25, 0.3) is 0 Å². The van der Waals surface area contributed by atoms with Crippen LogP contribution in [0.3, 0.4) is 0 Å². The summed E-state index contributed by atoms with van der Waals surface area (Å²) in [5.74, 6) is 0.304. The number of nitrogens with two attached hydrogens (primary N) is 1. The third-order valence-corrected chi connectivity index (χ3v) is 3.28. The van der Waals surface area contributed by atoms with Crippen LogP contribution in [0.15, 0.2) is 5.16 Å². The highest BCUT2D eigenvalue weighted by molar-refractivity contribution is 5.85.